The van der Waals surface area contributed by atoms with Crippen LogP contribution in [0.1, 0.15) is 108 Å². The second kappa shape index (κ2) is 15.9. The molecule has 3 fully saturated rings. The molecule has 3 saturated heterocycles. The van der Waals surface area contributed by atoms with Crippen molar-refractivity contribution in [1.82, 2.24) is 4.90 Å². The van der Waals surface area contributed by atoms with Crippen LogP contribution in [-0.2, 0) is 38.0 Å². The number of fused-ring (bicyclic) bond motifs is 2. The van der Waals surface area contributed by atoms with Crippen molar-refractivity contribution < 1.29 is 53.3 Å². The van der Waals surface area contributed by atoms with Crippen molar-refractivity contribution in [2.45, 2.75) is 186 Å². The number of carbonyl (C=O) groups excluding carboxylic acids is 1. The van der Waals surface area contributed by atoms with Crippen molar-refractivity contribution >= 4 is 5.97 Å². The molecule has 50 heavy (non-hydrogen) atoms. The largest absolute Gasteiger partial charge is 0.489 e. The highest BCUT2D eigenvalue weighted by atomic mass is 16.7. The highest BCUT2D eigenvalue weighted by Gasteiger charge is 2.55. The Balaban J connectivity index is 1.84. The number of esters is 1. The molecule has 0 aromatic heterocycles. The highest BCUT2D eigenvalue weighted by Crippen LogP contribution is 2.47. The predicted octanol–water partition coefficient (Wildman–Crippen LogP) is 4.31. The Morgan fingerprint density at radius 3 is 2.22 bits per heavy atom. The van der Waals surface area contributed by atoms with Crippen molar-refractivity contribution in [3.8, 4) is 0 Å². The maximum Gasteiger partial charge on any atom is 0.311 e. The van der Waals surface area contributed by atoms with E-state index in [0.29, 0.717) is 44.3 Å². The first-order valence-corrected chi connectivity index (χ1v) is 18.7. The van der Waals surface area contributed by atoms with Gasteiger partial charge in [0.1, 0.15) is 35.3 Å². The zero-order chi connectivity index (χ0) is 37.5. The lowest BCUT2D eigenvalue weighted by molar-refractivity contribution is -0.308. The molecule has 16 atom stereocenters. The molecule has 0 radical (unpaired) electrons. The summed E-state index contributed by atoms with van der Waals surface area (Å²) >= 11 is 0. The molecular weight excluding hydrogens is 646 g/mol. The predicted molar refractivity (Wildman–Crippen MR) is 187 cm³/mol. The molecule has 3 unspecified atom stereocenters. The Labute approximate surface area is 300 Å². The van der Waals surface area contributed by atoms with Crippen LogP contribution in [0.3, 0.4) is 0 Å². The maximum atomic E-state index is 14.2. The monoisotopic (exact) mass is 713 g/mol. The minimum absolute atomic E-state index is 0.162. The fraction of sp³-hybridized carbons (Fsp3) is 0.921. The van der Waals surface area contributed by atoms with E-state index in [1.807, 2.05) is 74.4 Å². The Morgan fingerprint density at radius 2 is 1.62 bits per heavy atom. The van der Waals surface area contributed by atoms with Gasteiger partial charge in [0.05, 0.1) is 35.9 Å². The molecule has 0 amide bonds. The molecule has 3 N–H and O–H groups in total. The molecule has 4 heterocycles. The molecule has 0 saturated carbocycles. The van der Waals surface area contributed by atoms with Crippen molar-refractivity contribution in [2.75, 3.05) is 21.2 Å². The molecule has 4 rings (SSSR count). The molecule has 0 aliphatic carbocycles. The Morgan fingerprint density at radius 1 is 0.960 bits per heavy atom. The van der Waals surface area contributed by atoms with Gasteiger partial charge in [0.25, 0.3) is 0 Å². The fourth-order valence-electron chi connectivity index (χ4n) is 8.90. The van der Waals surface area contributed by atoms with Gasteiger partial charge < -0.3 is 53.4 Å². The zero-order valence-corrected chi connectivity index (χ0v) is 32.8. The number of hydrogen-bond donors (Lipinski definition) is 3. The number of likely N-dealkylation sites (N-methyl/N-ethyl adjacent to an activating group) is 1. The van der Waals surface area contributed by atoms with E-state index in [1.54, 1.807) is 14.0 Å². The third kappa shape index (κ3) is 8.55. The van der Waals surface area contributed by atoms with Crippen LogP contribution in [0.4, 0.5) is 0 Å². The van der Waals surface area contributed by atoms with Crippen LogP contribution in [0.5, 0.6) is 0 Å². The SMILES string of the molecule is CCCC1OC(=O)[C@H](C)[C@@H](OC2C[C@@](C)(OC)C[C@H](C)O2)[C@H](C)[C@@H](OC2O[C@H](C)C[C@H](N(C)C)[C@H]2O)[C@@]2(C)CC(C)=C(O2)[C@H](C)[C@@H](O)[C@]1(C)O. The van der Waals surface area contributed by atoms with Crippen molar-refractivity contribution in [1.29, 1.82) is 0 Å². The number of hydrogen-bond acceptors (Lipinski definition) is 12. The first kappa shape index (κ1) is 41.4. The lowest BCUT2D eigenvalue weighted by atomic mass is 9.78. The second-order valence-electron chi connectivity index (χ2n) is 16.7. The van der Waals surface area contributed by atoms with Gasteiger partial charge in [-0.25, -0.2) is 0 Å². The normalized spacial score (nSPS) is 48.0. The van der Waals surface area contributed by atoms with Gasteiger partial charge in [-0.05, 0) is 81.0 Å². The number of aliphatic hydroxyl groups excluding tert-OH is 2. The number of ether oxygens (including phenoxy) is 7. The lowest BCUT2D eigenvalue weighted by Crippen LogP contribution is -2.59. The molecule has 12 heteroatoms. The van der Waals surface area contributed by atoms with E-state index >= 15 is 0 Å². The standard InChI is InChI=1S/C38H67NO11/c1-14-15-27-38(10,43)32(41)23(5)30-20(2)17-37(9,50-30)33(49-35-29(40)26(39(11)12)16-21(3)46-35)24(6)31(25(7)34(42)47-27)48-28-19-36(8,44-13)18-22(4)45-28/h21-29,31-33,35,40-41,43H,14-19H2,1-13H3/t21-,22+,23+,24+,25-,26+,27?,28?,29-,31+,32-,33-,35?,36+,37-,38-/m1/s1. The van der Waals surface area contributed by atoms with Crippen LogP contribution in [0.25, 0.3) is 0 Å². The van der Waals surface area contributed by atoms with E-state index in [2.05, 4.69) is 0 Å². The zero-order valence-electron chi connectivity index (χ0n) is 32.8. The van der Waals surface area contributed by atoms with E-state index < -0.39 is 83.6 Å². The summed E-state index contributed by atoms with van der Waals surface area (Å²) in [6.07, 6.45) is -3.78. The number of cyclic esters (lactones) is 1. The number of carbonyl (C=O) groups is 1. The van der Waals surface area contributed by atoms with Gasteiger partial charge in [-0.15, -0.1) is 0 Å². The Hall–Kier alpha value is -1.35. The average molecular weight is 714 g/mol. The smallest absolute Gasteiger partial charge is 0.311 e. The van der Waals surface area contributed by atoms with E-state index in [-0.39, 0.29) is 18.2 Å². The third-order valence-corrected chi connectivity index (χ3v) is 11.8. The van der Waals surface area contributed by atoms with Gasteiger partial charge in [-0.3, -0.25) is 4.79 Å². The fourth-order valence-corrected chi connectivity index (χ4v) is 8.90. The number of aliphatic hydroxyl groups is 3. The molecule has 0 aromatic carbocycles. The average Bonchev–Trinajstić information content (AvgIpc) is 3.35. The van der Waals surface area contributed by atoms with Crippen LogP contribution in [0.15, 0.2) is 11.3 Å². The Kier molecular flexibility index (Phi) is 13.2. The van der Waals surface area contributed by atoms with Crippen molar-refractivity contribution in [2.24, 2.45) is 17.8 Å². The lowest BCUT2D eigenvalue weighted by Gasteiger charge is -2.48. The Bertz CT molecular complexity index is 1200. The molecule has 2 bridgehead atoms. The van der Waals surface area contributed by atoms with Crippen molar-refractivity contribution in [3.63, 3.8) is 0 Å². The van der Waals surface area contributed by atoms with Crippen LogP contribution in [0.2, 0.25) is 0 Å². The highest BCUT2D eigenvalue weighted by molar-refractivity contribution is 5.73. The van der Waals surface area contributed by atoms with Gasteiger partial charge in [0.15, 0.2) is 12.6 Å². The second-order valence-corrected chi connectivity index (χ2v) is 16.7. The summed E-state index contributed by atoms with van der Waals surface area (Å²) in [5, 5.41) is 35.2. The summed E-state index contributed by atoms with van der Waals surface area (Å²) in [6.45, 7) is 18.9. The summed E-state index contributed by atoms with van der Waals surface area (Å²) in [5.41, 5.74) is -2.40. The van der Waals surface area contributed by atoms with Crippen molar-refractivity contribution in [3.05, 3.63) is 11.3 Å². The van der Waals surface area contributed by atoms with E-state index in [0.717, 1.165) is 5.57 Å². The molecular formula is C38H67NO11. The molecule has 0 aromatic rings. The quantitative estimate of drug-likeness (QED) is 0.308. The van der Waals surface area contributed by atoms with Crippen LogP contribution < -0.4 is 0 Å². The first-order chi connectivity index (χ1) is 23.2. The minimum atomic E-state index is -1.79. The third-order valence-electron chi connectivity index (χ3n) is 11.8. The van der Waals surface area contributed by atoms with Crippen LogP contribution in [-0.4, -0.2) is 126 Å². The van der Waals surface area contributed by atoms with Gasteiger partial charge in [-0.1, -0.05) is 27.2 Å². The van der Waals surface area contributed by atoms with Gasteiger partial charge >= 0.3 is 5.97 Å². The molecule has 4 aliphatic heterocycles. The first-order valence-electron chi connectivity index (χ1n) is 18.7. The van der Waals surface area contributed by atoms with E-state index in [1.165, 1.54) is 6.92 Å². The van der Waals surface area contributed by atoms with Crippen LogP contribution >= 0.6 is 0 Å². The molecule has 12 nitrogen and oxygen atoms in total. The van der Waals surface area contributed by atoms with Gasteiger partial charge in [0.2, 0.25) is 0 Å². The molecule has 4 aliphatic rings. The molecule has 290 valence electrons. The van der Waals surface area contributed by atoms with Gasteiger partial charge in [-0.2, -0.15) is 0 Å². The summed E-state index contributed by atoms with van der Waals surface area (Å²) in [7, 11) is 5.53. The number of rotatable bonds is 8. The number of nitrogens with zero attached hydrogens (tertiary/aromatic N) is 1. The van der Waals surface area contributed by atoms with Gasteiger partial charge in [0, 0.05) is 44.2 Å². The maximum absolute atomic E-state index is 14.2. The summed E-state index contributed by atoms with van der Waals surface area (Å²) in [6, 6.07) is -0.209. The molecule has 0 spiro atoms. The number of methoxy groups -OCH3 is 1. The topological polar surface area (TPSA) is 146 Å². The van der Waals surface area contributed by atoms with E-state index in [9.17, 15) is 20.1 Å². The summed E-state index contributed by atoms with van der Waals surface area (Å²) in [4.78, 5) is 16.2. The minimum Gasteiger partial charge on any atom is -0.489 e. The summed E-state index contributed by atoms with van der Waals surface area (Å²) in [5.74, 6) is -2.05. The van der Waals surface area contributed by atoms with E-state index in [4.69, 9.17) is 33.2 Å². The van der Waals surface area contributed by atoms with Crippen LogP contribution in [0, 0.1) is 17.8 Å². The summed E-state index contributed by atoms with van der Waals surface area (Å²) < 4.78 is 45.3.